The van der Waals surface area contributed by atoms with Gasteiger partial charge in [0.25, 0.3) is 0 Å². The third-order valence-electron chi connectivity index (χ3n) is 3.37. The molecule has 126 valence electrons. The molecule has 1 aromatic carbocycles. The van der Waals surface area contributed by atoms with Gasteiger partial charge in [-0.1, -0.05) is 23.7 Å². The number of hydrogen-bond acceptors (Lipinski definition) is 1. The molecule has 0 spiro atoms. The van der Waals surface area contributed by atoms with Crippen LogP contribution in [0.4, 0.5) is 30.7 Å². The number of rotatable bonds is 4. The van der Waals surface area contributed by atoms with E-state index < -0.39 is 30.0 Å². The molecule has 0 amide bonds. The Morgan fingerprint density at radius 3 is 1.86 bits per heavy atom. The summed E-state index contributed by atoms with van der Waals surface area (Å²) < 4.78 is 94.8. The minimum absolute atomic E-state index is 0.0734. The average molecular weight is 353 g/mol. The van der Waals surface area contributed by atoms with E-state index in [0.717, 1.165) is 20.1 Å². The first-order chi connectivity index (χ1) is 9.77. The van der Waals surface area contributed by atoms with Crippen molar-refractivity contribution in [2.75, 3.05) is 7.11 Å². The van der Waals surface area contributed by atoms with E-state index in [9.17, 15) is 30.7 Å². The maximum Gasteiger partial charge on any atom is 0.431 e. The molecular weight excluding hydrogens is 341 g/mol. The molecule has 9 heteroatoms. The molecule has 0 radical (unpaired) electrons. The lowest BCUT2D eigenvalue weighted by Gasteiger charge is -2.38. The lowest BCUT2D eigenvalue weighted by Crippen LogP contribution is -2.56. The highest BCUT2D eigenvalue weighted by molar-refractivity contribution is 6.30. The molecule has 0 saturated carbocycles. The maximum atomic E-state index is 13.9. The molecule has 0 heterocycles. The smallest absolute Gasteiger partial charge is 0.374 e. The lowest BCUT2D eigenvalue weighted by molar-refractivity contribution is -0.353. The molecule has 1 rings (SSSR count). The van der Waals surface area contributed by atoms with Crippen LogP contribution in [-0.4, -0.2) is 25.1 Å². The Balaban J connectivity index is 3.36. The van der Waals surface area contributed by atoms with Crippen molar-refractivity contribution in [1.29, 1.82) is 0 Å². The van der Waals surface area contributed by atoms with Crippen molar-refractivity contribution in [3.05, 3.63) is 34.9 Å². The highest BCUT2D eigenvalue weighted by Crippen LogP contribution is 2.52. The van der Waals surface area contributed by atoms with E-state index in [2.05, 4.69) is 0 Å². The molecule has 0 N–H and O–H groups in total. The Morgan fingerprint density at radius 1 is 1.00 bits per heavy atom. The normalized spacial score (nSPS) is 16.5. The Kier molecular flexibility index (Phi) is 5.09. The third kappa shape index (κ3) is 3.48. The van der Waals surface area contributed by atoms with Gasteiger partial charge in [0, 0.05) is 18.6 Å². The van der Waals surface area contributed by atoms with Crippen molar-refractivity contribution in [2.45, 2.75) is 37.0 Å². The summed E-state index contributed by atoms with van der Waals surface area (Å²) in [5.74, 6) is 0. The Labute approximate surface area is 127 Å². The first-order valence-corrected chi connectivity index (χ1v) is 6.28. The first-order valence-electron chi connectivity index (χ1n) is 5.90. The standard InChI is InChI=1S/C13H12ClF7O/c1-10(22-2,8-4-3-5-9(14)6-8)7-11(15,12(16,17)18)13(19,20)21/h3-6H,7H2,1-2H3. The number of hydrogen-bond donors (Lipinski definition) is 0. The van der Waals surface area contributed by atoms with Crippen LogP contribution in [0.2, 0.25) is 5.02 Å². The molecule has 1 unspecified atom stereocenters. The predicted molar refractivity (Wildman–Crippen MR) is 66.4 cm³/mol. The largest absolute Gasteiger partial charge is 0.431 e. The number of alkyl halides is 7. The summed E-state index contributed by atoms with van der Waals surface area (Å²) in [5, 5.41) is 0.0734. The summed E-state index contributed by atoms with van der Waals surface area (Å²) >= 11 is 5.67. The third-order valence-corrected chi connectivity index (χ3v) is 3.60. The molecule has 0 saturated heterocycles. The molecule has 0 aliphatic carbocycles. The Hall–Kier alpha value is -1.02. The molecule has 1 nitrogen and oxygen atoms in total. The van der Waals surface area contributed by atoms with Crippen molar-refractivity contribution < 1.29 is 35.5 Å². The average Bonchev–Trinajstić information content (AvgIpc) is 2.35. The summed E-state index contributed by atoms with van der Waals surface area (Å²) in [5.41, 5.74) is -7.68. The highest BCUT2D eigenvalue weighted by Gasteiger charge is 2.74. The van der Waals surface area contributed by atoms with E-state index in [1.165, 1.54) is 18.2 Å². The fraction of sp³-hybridized carbons (Fsp3) is 0.538. The van der Waals surface area contributed by atoms with Gasteiger partial charge in [0.15, 0.2) is 0 Å². The molecule has 0 fully saturated rings. The van der Waals surface area contributed by atoms with Gasteiger partial charge in [0.05, 0.1) is 5.60 Å². The minimum atomic E-state index is -6.14. The molecule has 0 bridgehead atoms. The topological polar surface area (TPSA) is 9.23 Å². The van der Waals surface area contributed by atoms with E-state index in [0.29, 0.717) is 0 Å². The Morgan fingerprint density at radius 2 is 1.50 bits per heavy atom. The number of methoxy groups -OCH3 is 1. The van der Waals surface area contributed by atoms with Gasteiger partial charge < -0.3 is 4.74 Å². The van der Waals surface area contributed by atoms with Crippen LogP contribution in [0.25, 0.3) is 0 Å². The molecule has 0 aliphatic rings. The van der Waals surface area contributed by atoms with Crippen LogP contribution in [0.1, 0.15) is 18.9 Å². The quantitative estimate of drug-likeness (QED) is 0.657. The fourth-order valence-electron chi connectivity index (χ4n) is 1.94. The van der Waals surface area contributed by atoms with Gasteiger partial charge >= 0.3 is 18.0 Å². The molecule has 0 aliphatic heterocycles. The van der Waals surface area contributed by atoms with E-state index >= 15 is 0 Å². The van der Waals surface area contributed by atoms with Crippen LogP contribution in [0.15, 0.2) is 24.3 Å². The Bertz CT molecular complexity index is 512. The maximum absolute atomic E-state index is 13.9. The zero-order chi connectivity index (χ0) is 17.4. The number of ether oxygens (including phenoxy) is 1. The van der Waals surface area contributed by atoms with Crippen molar-refractivity contribution in [1.82, 2.24) is 0 Å². The molecule has 1 atom stereocenters. The van der Waals surface area contributed by atoms with Crippen LogP contribution in [0.5, 0.6) is 0 Å². The van der Waals surface area contributed by atoms with Gasteiger partial charge in [-0.15, -0.1) is 0 Å². The second-order valence-electron chi connectivity index (χ2n) is 4.92. The second-order valence-corrected chi connectivity index (χ2v) is 5.36. The van der Waals surface area contributed by atoms with Gasteiger partial charge in [-0.25, -0.2) is 4.39 Å². The van der Waals surface area contributed by atoms with E-state index in [1.54, 1.807) is 0 Å². The first kappa shape index (κ1) is 19.0. The van der Waals surface area contributed by atoms with E-state index in [1.807, 2.05) is 0 Å². The highest BCUT2D eigenvalue weighted by atomic mass is 35.5. The minimum Gasteiger partial charge on any atom is -0.374 e. The van der Waals surface area contributed by atoms with Crippen molar-refractivity contribution in [3.8, 4) is 0 Å². The van der Waals surface area contributed by atoms with Gasteiger partial charge in [0.2, 0.25) is 0 Å². The molecular formula is C13H12ClF7O. The van der Waals surface area contributed by atoms with Crippen molar-refractivity contribution in [2.24, 2.45) is 0 Å². The summed E-state index contributed by atoms with van der Waals surface area (Å²) in [4.78, 5) is 0. The summed E-state index contributed by atoms with van der Waals surface area (Å²) in [6, 6.07) is 5.02. The van der Waals surface area contributed by atoms with Gasteiger partial charge in [-0.2, -0.15) is 26.3 Å². The summed E-state index contributed by atoms with van der Waals surface area (Å²) in [7, 11) is 0.897. The van der Waals surface area contributed by atoms with Crippen LogP contribution >= 0.6 is 11.6 Å². The van der Waals surface area contributed by atoms with Crippen LogP contribution in [-0.2, 0) is 10.3 Å². The summed E-state index contributed by atoms with van der Waals surface area (Å²) in [6.45, 7) is 0.935. The van der Waals surface area contributed by atoms with Crippen molar-refractivity contribution in [3.63, 3.8) is 0 Å². The second kappa shape index (κ2) is 5.88. The van der Waals surface area contributed by atoms with Gasteiger partial charge in [0.1, 0.15) is 0 Å². The number of benzene rings is 1. The molecule has 0 aromatic heterocycles. The van der Waals surface area contributed by atoms with Crippen molar-refractivity contribution >= 4 is 11.6 Å². The molecule has 22 heavy (non-hydrogen) atoms. The zero-order valence-electron chi connectivity index (χ0n) is 11.4. The van der Waals surface area contributed by atoms with Crippen LogP contribution < -0.4 is 0 Å². The van der Waals surface area contributed by atoms with Crippen LogP contribution in [0.3, 0.4) is 0 Å². The predicted octanol–water partition coefficient (Wildman–Crippen LogP) is 5.42. The van der Waals surface area contributed by atoms with E-state index in [4.69, 9.17) is 16.3 Å². The monoisotopic (exact) mass is 352 g/mol. The van der Waals surface area contributed by atoms with E-state index in [-0.39, 0.29) is 10.6 Å². The van der Waals surface area contributed by atoms with Crippen LogP contribution in [0, 0.1) is 0 Å². The number of halogens is 8. The lowest BCUT2D eigenvalue weighted by atomic mass is 9.83. The van der Waals surface area contributed by atoms with Gasteiger partial charge in [-0.05, 0) is 24.6 Å². The summed E-state index contributed by atoms with van der Waals surface area (Å²) in [6.07, 6.45) is -14.3. The van der Waals surface area contributed by atoms with Gasteiger partial charge in [-0.3, -0.25) is 0 Å². The molecule has 1 aromatic rings. The fourth-order valence-corrected chi connectivity index (χ4v) is 2.13. The zero-order valence-corrected chi connectivity index (χ0v) is 12.2. The SMILES string of the molecule is COC(C)(CC(F)(C(F)(F)F)C(F)(F)F)c1cccc(Cl)c1.